The lowest BCUT2D eigenvalue weighted by molar-refractivity contribution is 0.606. The van der Waals surface area contributed by atoms with Gasteiger partial charge in [-0.2, -0.15) is 5.26 Å². The lowest BCUT2D eigenvalue weighted by atomic mass is 10.2. The van der Waals surface area contributed by atoms with E-state index in [1.165, 1.54) is 6.07 Å². The van der Waals surface area contributed by atoms with Crippen molar-refractivity contribution in [3.05, 3.63) is 29.6 Å². The maximum absolute atomic E-state index is 13.6. The van der Waals surface area contributed by atoms with Gasteiger partial charge in [-0.3, -0.25) is 0 Å². The molecule has 0 spiro atoms. The third-order valence-electron chi connectivity index (χ3n) is 2.46. The molecule has 1 atom stereocenters. The molecule has 1 rings (SSSR count). The quantitative estimate of drug-likeness (QED) is 0.816. The molecule has 0 aliphatic heterocycles. The summed E-state index contributed by atoms with van der Waals surface area (Å²) in [4.78, 5) is 1.76. The van der Waals surface area contributed by atoms with Crippen LogP contribution in [0.25, 0.3) is 0 Å². The van der Waals surface area contributed by atoms with Crippen molar-refractivity contribution < 1.29 is 4.39 Å². The minimum atomic E-state index is -0.392. The molecule has 3 nitrogen and oxygen atoms in total. The van der Waals surface area contributed by atoms with Crippen LogP contribution in [0.4, 0.5) is 10.1 Å². The van der Waals surface area contributed by atoms with Crippen LogP contribution in [0.2, 0.25) is 0 Å². The third kappa shape index (κ3) is 2.45. The topological polar surface area (TPSA) is 53.0 Å². The molecular formula is C11H14FN3. The predicted octanol–water partition coefficient (Wildman–Crippen LogP) is 1.48. The first-order valence-corrected chi connectivity index (χ1v) is 4.72. The SMILES string of the molecule is CC(CN)N(C)c1ccc(C#N)cc1F. The summed E-state index contributed by atoms with van der Waals surface area (Å²) >= 11 is 0. The van der Waals surface area contributed by atoms with Gasteiger partial charge >= 0.3 is 0 Å². The lowest BCUT2D eigenvalue weighted by Gasteiger charge is -2.26. The highest BCUT2D eigenvalue weighted by atomic mass is 19.1. The molecule has 0 aliphatic carbocycles. The average molecular weight is 207 g/mol. The smallest absolute Gasteiger partial charge is 0.147 e. The van der Waals surface area contributed by atoms with Crippen molar-refractivity contribution in [1.82, 2.24) is 0 Å². The van der Waals surface area contributed by atoms with Crippen LogP contribution in [0, 0.1) is 17.1 Å². The van der Waals surface area contributed by atoms with Gasteiger partial charge in [0.15, 0.2) is 0 Å². The summed E-state index contributed by atoms with van der Waals surface area (Å²) in [5.41, 5.74) is 6.29. The highest BCUT2D eigenvalue weighted by Crippen LogP contribution is 2.20. The molecule has 80 valence electrons. The Morgan fingerprint density at radius 2 is 2.27 bits per heavy atom. The van der Waals surface area contributed by atoms with Crippen LogP contribution in [-0.2, 0) is 0 Å². The fraction of sp³-hybridized carbons (Fsp3) is 0.364. The van der Waals surface area contributed by atoms with Crippen molar-refractivity contribution in [2.24, 2.45) is 5.73 Å². The normalized spacial score (nSPS) is 11.9. The number of hydrogen-bond acceptors (Lipinski definition) is 3. The standard InChI is InChI=1S/C11H14FN3/c1-8(6-13)15(2)11-4-3-9(7-14)5-10(11)12/h3-5,8H,6,13H2,1-2H3. The fourth-order valence-electron chi connectivity index (χ4n) is 1.26. The zero-order valence-electron chi connectivity index (χ0n) is 8.87. The maximum Gasteiger partial charge on any atom is 0.147 e. The van der Waals surface area contributed by atoms with E-state index in [0.717, 1.165) is 0 Å². The van der Waals surface area contributed by atoms with E-state index in [1.54, 1.807) is 24.1 Å². The molecule has 0 heterocycles. The van der Waals surface area contributed by atoms with Gasteiger partial charge in [0, 0.05) is 19.6 Å². The molecule has 4 heteroatoms. The molecule has 0 bridgehead atoms. The number of anilines is 1. The summed E-state index contributed by atoms with van der Waals surface area (Å²) in [7, 11) is 1.78. The maximum atomic E-state index is 13.6. The summed E-state index contributed by atoms with van der Waals surface area (Å²) < 4.78 is 13.6. The Morgan fingerprint density at radius 1 is 1.60 bits per heavy atom. The van der Waals surface area contributed by atoms with E-state index >= 15 is 0 Å². The Kier molecular flexibility index (Phi) is 3.64. The molecule has 0 aromatic heterocycles. The monoisotopic (exact) mass is 207 g/mol. The van der Waals surface area contributed by atoms with Gasteiger partial charge in [-0.05, 0) is 25.1 Å². The van der Waals surface area contributed by atoms with Crippen molar-refractivity contribution in [2.45, 2.75) is 13.0 Å². The van der Waals surface area contributed by atoms with Gasteiger partial charge in [-0.15, -0.1) is 0 Å². The highest BCUT2D eigenvalue weighted by Gasteiger charge is 2.12. The molecule has 1 aromatic rings. The summed E-state index contributed by atoms with van der Waals surface area (Å²) in [6, 6.07) is 6.38. The van der Waals surface area contributed by atoms with Gasteiger partial charge in [0.05, 0.1) is 17.3 Å². The molecule has 2 N–H and O–H groups in total. The van der Waals surface area contributed by atoms with Crippen LogP contribution < -0.4 is 10.6 Å². The van der Waals surface area contributed by atoms with E-state index in [9.17, 15) is 4.39 Å². The molecule has 0 fully saturated rings. The van der Waals surface area contributed by atoms with E-state index in [1.807, 2.05) is 13.0 Å². The van der Waals surface area contributed by atoms with Gasteiger partial charge in [-0.25, -0.2) is 4.39 Å². The number of likely N-dealkylation sites (N-methyl/N-ethyl adjacent to an activating group) is 1. The summed E-state index contributed by atoms with van der Waals surface area (Å²) in [6.45, 7) is 2.37. The minimum Gasteiger partial charge on any atom is -0.368 e. The number of halogens is 1. The van der Waals surface area contributed by atoms with Gasteiger partial charge in [-0.1, -0.05) is 0 Å². The van der Waals surface area contributed by atoms with Crippen molar-refractivity contribution in [2.75, 3.05) is 18.5 Å². The molecule has 0 saturated heterocycles. The zero-order chi connectivity index (χ0) is 11.4. The zero-order valence-corrected chi connectivity index (χ0v) is 8.87. The largest absolute Gasteiger partial charge is 0.368 e. The van der Waals surface area contributed by atoms with Crippen LogP contribution in [0.3, 0.4) is 0 Å². The Bertz CT molecular complexity index is 384. The second-order valence-corrected chi connectivity index (χ2v) is 3.47. The average Bonchev–Trinajstić information content (AvgIpc) is 2.26. The first-order chi connectivity index (χ1) is 7.10. The molecule has 0 radical (unpaired) electrons. The Morgan fingerprint density at radius 3 is 2.73 bits per heavy atom. The van der Waals surface area contributed by atoms with Gasteiger partial charge in [0.2, 0.25) is 0 Å². The molecular weight excluding hydrogens is 193 g/mol. The number of nitrogens with two attached hydrogens (primary N) is 1. The third-order valence-corrected chi connectivity index (χ3v) is 2.46. The number of hydrogen-bond donors (Lipinski definition) is 1. The van der Waals surface area contributed by atoms with E-state index < -0.39 is 5.82 Å². The number of nitriles is 1. The minimum absolute atomic E-state index is 0.0624. The molecule has 15 heavy (non-hydrogen) atoms. The van der Waals surface area contributed by atoms with Crippen molar-refractivity contribution >= 4 is 5.69 Å². The van der Waals surface area contributed by atoms with Gasteiger partial charge in [0.1, 0.15) is 5.82 Å². The first kappa shape index (κ1) is 11.5. The summed E-state index contributed by atoms with van der Waals surface area (Å²) in [6.07, 6.45) is 0. The second-order valence-electron chi connectivity index (χ2n) is 3.47. The van der Waals surface area contributed by atoms with E-state index in [4.69, 9.17) is 11.0 Å². The molecule has 1 aromatic carbocycles. The number of benzene rings is 1. The van der Waals surface area contributed by atoms with Crippen LogP contribution in [-0.4, -0.2) is 19.6 Å². The van der Waals surface area contributed by atoms with Crippen LogP contribution >= 0.6 is 0 Å². The van der Waals surface area contributed by atoms with Crippen LogP contribution in [0.1, 0.15) is 12.5 Å². The highest BCUT2D eigenvalue weighted by molar-refractivity contribution is 5.51. The van der Waals surface area contributed by atoms with Crippen LogP contribution in [0.15, 0.2) is 18.2 Å². The first-order valence-electron chi connectivity index (χ1n) is 4.72. The van der Waals surface area contributed by atoms with Gasteiger partial charge < -0.3 is 10.6 Å². The Hall–Kier alpha value is -1.60. The van der Waals surface area contributed by atoms with E-state index in [0.29, 0.717) is 17.8 Å². The fourth-order valence-corrected chi connectivity index (χ4v) is 1.26. The summed E-state index contributed by atoms with van der Waals surface area (Å²) in [5.74, 6) is -0.392. The molecule has 0 amide bonds. The number of rotatable bonds is 3. The van der Waals surface area contributed by atoms with E-state index in [-0.39, 0.29) is 6.04 Å². The molecule has 1 unspecified atom stereocenters. The predicted molar refractivity (Wildman–Crippen MR) is 58.0 cm³/mol. The number of nitrogens with zero attached hydrogens (tertiary/aromatic N) is 2. The van der Waals surface area contributed by atoms with E-state index in [2.05, 4.69) is 0 Å². The molecule has 0 aliphatic rings. The summed E-state index contributed by atoms with van der Waals surface area (Å²) in [5, 5.41) is 8.60. The Labute approximate surface area is 88.9 Å². The second kappa shape index (κ2) is 4.76. The van der Waals surface area contributed by atoms with Gasteiger partial charge in [0.25, 0.3) is 0 Å². The molecule has 0 saturated carbocycles. The van der Waals surface area contributed by atoms with Crippen LogP contribution in [0.5, 0.6) is 0 Å². The lowest BCUT2D eigenvalue weighted by Crippen LogP contribution is -2.35. The van der Waals surface area contributed by atoms with Crippen molar-refractivity contribution in [1.29, 1.82) is 5.26 Å². The Balaban J connectivity index is 3.01. The van der Waals surface area contributed by atoms with Crippen molar-refractivity contribution in [3.63, 3.8) is 0 Å². The van der Waals surface area contributed by atoms with Crippen molar-refractivity contribution in [3.8, 4) is 6.07 Å².